The van der Waals surface area contributed by atoms with Crippen LogP contribution >= 0.6 is 11.8 Å². The van der Waals surface area contributed by atoms with Crippen molar-refractivity contribution in [2.75, 3.05) is 13.5 Å². The molecule has 0 amide bonds. The van der Waals surface area contributed by atoms with Crippen LogP contribution in [0.3, 0.4) is 0 Å². The molecule has 35 heavy (non-hydrogen) atoms. The Balaban J connectivity index is 1.25. The van der Waals surface area contributed by atoms with Crippen molar-refractivity contribution in [3.63, 3.8) is 0 Å². The highest BCUT2D eigenvalue weighted by Gasteiger charge is 2.40. The number of rotatable bonds is 11. The van der Waals surface area contributed by atoms with Crippen molar-refractivity contribution >= 4 is 11.8 Å². The van der Waals surface area contributed by atoms with Crippen molar-refractivity contribution < 1.29 is 19.3 Å². The van der Waals surface area contributed by atoms with E-state index >= 15 is 0 Å². The van der Waals surface area contributed by atoms with E-state index in [1.54, 1.807) is 0 Å². The zero-order chi connectivity index (χ0) is 24.3. The summed E-state index contributed by atoms with van der Waals surface area (Å²) in [6, 6.07) is 13.6. The lowest BCUT2D eigenvalue weighted by Crippen LogP contribution is -2.32. The predicted molar refractivity (Wildman–Crippen MR) is 140 cm³/mol. The summed E-state index contributed by atoms with van der Waals surface area (Å²) in [6.07, 6.45) is 11.2. The van der Waals surface area contributed by atoms with Gasteiger partial charge in [0.25, 0.3) is 0 Å². The van der Waals surface area contributed by atoms with Gasteiger partial charge in [0, 0.05) is 12.1 Å². The largest absolute Gasteiger partial charge is 0.475 e. The lowest BCUT2D eigenvalue weighted by atomic mass is 10.0. The molecule has 0 radical (unpaired) electrons. The summed E-state index contributed by atoms with van der Waals surface area (Å²) < 4.78 is 17.6. The van der Waals surface area contributed by atoms with E-state index in [2.05, 4.69) is 49.1 Å². The summed E-state index contributed by atoms with van der Waals surface area (Å²) in [5, 5.41) is 10.3. The molecule has 3 heterocycles. The van der Waals surface area contributed by atoms with Gasteiger partial charge in [0.05, 0.1) is 11.6 Å². The molecule has 1 fully saturated rings. The van der Waals surface area contributed by atoms with Gasteiger partial charge < -0.3 is 19.3 Å². The quantitative estimate of drug-likeness (QED) is 0.358. The molecule has 3 aliphatic heterocycles. The normalized spacial score (nSPS) is 22.4. The van der Waals surface area contributed by atoms with E-state index in [9.17, 15) is 5.11 Å². The Hall–Kier alpha value is -1.89. The van der Waals surface area contributed by atoms with E-state index in [0.717, 1.165) is 55.8 Å². The van der Waals surface area contributed by atoms with E-state index in [1.807, 2.05) is 17.8 Å². The van der Waals surface area contributed by atoms with Gasteiger partial charge in [-0.2, -0.15) is 0 Å². The molecule has 190 valence electrons. The Labute approximate surface area is 214 Å². The third-order valence-corrected chi connectivity index (χ3v) is 9.18. The number of likely N-dealkylation sites (tertiary alicyclic amines) is 1. The van der Waals surface area contributed by atoms with Crippen LogP contribution in [0, 0.1) is 0 Å². The first-order chi connectivity index (χ1) is 17.1. The number of nitrogens with zero attached hydrogens (tertiary/aromatic N) is 1. The van der Waals surface area contributed by atoms with E-state index < -0.39 is 0 Å². The van der Waals surface area contributed by atoms with Gasteiger partial charge in [-0.3, -0.25) is 4.90 Å². The van der Waals surface area contributed by atoms with Crippen molar-refractivity contribution in [1.29, 1.82) is 0 Å². The highest BCUT2D eigenvalue weighted by atomic mass is 32.2. The maximum Gasteiger partial charge on any atom is 0.231 e. The number of unbranched alkanes of at least 4 members (excludes halogenated alkanes) is 2. The third kappa shape index (κ3) is 5.30. The Kier molecular flexibility index (Phi) is 7.80. The van der Waals surface area contributed by atoms with E-state index in [-0.39, 0.29) is 17.7 Å². The van der Waals surface area contributed by atoms with E-state index in [1.165, 1.54) is 41.7 Å². The van der Waals surface area contributed by atoms with Crippen molar-refractivity contribution in [3.05, 3.63) is 47.5 Å². The summed E-state index contributed by atoms with van der Waals surface area (Å²) >= 11 is 1.94. The number of hydrogen-bond acceptors (Lipinski definition) is 6. The fraction of sp³-hybridized carbons (Fsp3) is 0.586. The minimum Gasteiger partial charge on any atom is -0.475 e. The van der Waals surface area contributed by atoms with Gasteiger partial charge >= 0.3 is 0 Å². The Morgan fingerprint density at radius 2 is 1.74 bits per heavy atom. The van der Waals surface area contributed by atoms with Crippen LogP contribution in [-0.2, 0) is 6.42 Å². The molecule has 5 rings (SSSR count). The zero-order valence-corrected chi connectivity index (χ0v) is 21.9. The number of thioether (sulfide) groups is 1. The summed E-state index contributed by atoms with van der Waals surface area (Å²) in [5.41, 5.74) is 2.57. The second-order valence-electron chi connectivity index (χ2n) is 10.2. The molecule has 5 nitrogen and oxygen atoms in total. The SMILES string of the molecule is CCCCC1(CCCC)Oc2ccc(C3CCC(CCc4ccc5c(c4)OCO5)N3CO)cc2S1. The van der Waals surface area contributed by atoms with Crippen LogP contribution in [0.25, 0.3) is 0 Å². The minimum atomic E-state index is -0.105. The summed E-state index contributed by atoms with van der Waals surface area (Å²) in [6.45, 7) is 4.91. The number of fused-ring (bicyclic) bond motifs is 2. The number of aliphatic hydroxyl groups is 1. The summed E-state index contributed by atoms with van der Waals surface area (Å²) in [7, 11) is 0. The smallest absolute Gasteiger partial charge is 0.231 e. The van der Waals surface area contributed by atoms with Crippen LogP contribution in [0.5, 0.6) is 17.2 Å². The lowest BCUT2D eigenvalue weighted by Gasteiger charge is -2.28. The summed E-state index contributed by atoms with van der Waals surface area (Å²) in [5.74, 6) is 2.72. The molecule has 2 unspecified atom stereocenters. The second kappa shape index (κ2) is 11.0. The van der Waals surface area contributed by atoms with Crippen molar-refractivity contribution in [3.8, 4) is 17.2 Å². The Morgan fingerprint density at radius 3 is 2.51 bits per heavy atom. The fourth-order valence-electron chi connectivity index (χ4n) is 5.79. The molecule has 0 saturated carbocycles. The van der Waals surface area contributed by atoms with Gasteiger partial charge in [-0.15, -0.1) is 0 Å². The average molecular weight is 498 g/mol. The molecule has 2 atom stereocenters. The molecule has 2 aromatic carbocycles. The number of aliphatic hydroxyl groups excluding tert-OH is 1. The van der Waals surface area contributed by atoms with Crippen LogP contribution in [0.4, 0.5) is 0 Å². The number of benzene rings is 2. The van der Waals surface area contributed by atoms with Crippen LogP contribution in [-0.4, -0.2) is 34.5 Å². The molecule has 1 N–H and O–H groups in total. The first kappa shape index (κ1) is 24.8. The average Bonchev–Trinajstić information content (AvgIpc) is 3.60. The number of hydrogen-bond donors (Lipinski definition) is 1. The van der Waals surface area contributed by atoms with Crippen molar-refractivity contribution in [1.82, 2.24) is 4.90 Å². The van der Waals surface area contributed by atoms with Gasteiger partial charge in [0.1, 0.15) is 5.75 Å². The molecule has 6 heteroatoms. The van der Waals surface area contributed by atoms with Gasteiger partial charge in [-0.1, -0.05) is 50.6 Å². The molecule has 3 aliphatic rings. The van der Waals surface area contributed by atoms with Crippen molar-refractivity contribution in [2.45, 2.75) is 100.0 Å². The van der Waals surface area contributed by atoms with E-state index in [0.29, 0.717) is 12.8 Å². The number of ether oxygens (including phenoxy) is 3. The standard InChI is InChI=1S/C29H39NO4S/c1-3-5-15-29(16-6-4-2)34-26-14-9-22(18-28(26)35-29)24-12-11-23(30(24)19-31)10-7-21-8-13-25-27(17-21)33-20-32-25/h8-9,13-14,17-18,23-24,31H,3-7,10-12,15-16,19-20H2,1-2H3. The number of aryl methyl sites for hydroxylation is 1. The van der Waals surface area contributed by atoms with Gasteiger partial charge in [0.2, 0.25) is 6.79 Å². The van der Waals surface area contributed by atoms with Gasteiger partial charge in [-0.25, -0.2) is 0 Å². The third-order valence-electron chi connectivity index (χ3n) is 7.78. The molecule has 0 aliphatic carbocycles. The lowest BCUT2D eigenvalue weighted by molar-refractivity contribution is 0.0595. The molecule has 0 bridgehead atoms. The molecule has 1 saturated heterocycles. The van der Waals surface area contributed by atoms with Crippen LogP contribution in [0.1, 0.15) is 88.8 Å². The molecular formula is C29H39NO4S. The van der Waals surface area contributed by atoms with Gasteiger partial charge in [0.15, 0.2) is 16.4 Å². The maximum atomic E-state index is 10.3. The topological polar surface area (TPSA) is 51.2 Å². The molecule has 0 aromatic heterocycles. The molecular weight excluding hydrogens is 458 g/mol. The predicted octanol–water partition coefficient (Wildman–Crippen LogP) is 7.06. The van der Waals surface area contributed by atoms with E-state index in [4.69, 9.17) is 14.2 Å². The van der Waals surface area contributed by atoms with Crippen molar-refractivity contribution in [2.24, 2.45) is 0 Å². The molecule has 2 aromatic rings. The van der Waals surface area contributed by atoms with Gasteiger partial charge in [-0.05, 0) is 86.8 Å². The first-order valence-corrected chi connectivity index (χ1v) is 14.2. The van der Waals surface area contributed by atoms with Crippen LogP contribution in [0.15, 0.2) is 41.3 Å². The summed E-state index contributed by atoms with van der Waals surface area (Å²) in [4.78, 5) is 3.46. The zero-order valence-electron chi connectivity index (χ0n) is 21.1. The maximum absolute atomic E-state index is 10.3. The first-order valence-electron chi connectivity index (χ1n) is 13.4. The minimum absolute atomic E-state index is 0.0914. The molecule has 0 spiro atoms. The second-order valence-corrected chi connectivity index (χ2v) is 11.5. The van der Waals surface area contributed by atoms with Crippen LogP contribution < -0.4 is 14.2 Å². The Bertz CT molecular complexity index is 1000. The Morgan fingerprint density at radius 1 is 0.971 bits per heavy atom. The van der Waals surface area contributed by atoms with Crippen LogP contribution in [0.2, 0.25) is 0 Å². The fourth-order valence-corrected chi connectivity index (χ4v) is 7.22. The highest BCUT2D eigenvalue weighted by Crippen LogP contribution is 2.53. The highest BCUT2D eigenvalue weighted by molar-refractivity contribution is 8.00. The monoisotopic (exact) mass is 497 g/mol.